The number of carbonyl (C=O) groups excluding carboxylic acids is 1. The Morgan fingerprint density at radius 1 is 1.31 bits per heavy atom. The van der Waals surface area contributed by atoms with E-state index in [2.05, 4.69) is 24.0 Å². The summed E-state index contributed by atoms with van der Waals surface area (Å²) >= 11 is 0. The lowest BCUT2D eigenvalue weighted by Crippen LogP contribution is -2.45. The summed E-state index contributed by atoms with van der Waals surface area (Å²) in [7, 11) is 0. The number of rotatable bonds is 4. The molecule has 1 N–H and O–H groups in total. The van der Waals surface area contributed by atoms with Gasteiger partial charge < -0.3 is 10.0 Å². The summed E-state index contributed by atoms with van der Waals surface area (Å²) in [6.45, 7) is 10.9. The first kappa shape index (κ1) is 18.2. The Balaban J connectivity index is 1.81. The van der Waals surface area contributed by atoms with E-state index in [1.54, 1.807) is 15.6 Å². The number of hydrogen-bond donors (Lipinski definition) is 1. The lowest BCUT2D eigenvalue weighted by Gasteiger charge is -2.34. The first-order chi connectivity index (χ1) is 12.2. The van der Waals surface area contributed by atoms with Gasteiger partial charge in [0, 0.05) is 23.3 Å². The van der Waals surface area contributed by atoms with Crippen molar-refractivity contribution in [3.63, 3.8) is 0 Å². The van der Waals surface area contributed by atoms with Crippen LogP contribution in [-0.4, -0.2) is 47.5 Å². The summed E-state index contributed by atoms with van der Waals surface area (Å²) in [5, 5.41) is 17.8. The fourth-order valence-electron chi connectivity index (χ4n) is 3.57. The van der Waals surface area contributed by atoms with E-state index in [0.29, 0.717) is 19.5 Å². The van der Waals surface area contributed by atoms with Gasteiger partial charge in [-0.3, -0.25) is 14.2 Å². The number of carbonyl (C=O) groups is 2. The summed E-state index contributed by atoms with van der Waals surface area (Å²) in [6.07, 6.45) is 0.300. The van der Waals surface area contributed by atoms with Crippen LogP contribution in [0.2, 0.25) is 0 Å². The van der Waals surface area contributed by atoms with Crippen LogP contribution in [0.15, 0.2) is 6.07 Å². The highest BCUT2D eigenvalue weighted by Gasteiger charge is 2.30. The normalized spacial score (nSPS) is 16.8. The standard InChI is InChI=1S/C18H25N5O3/c1-10(2)23-13(5)15(12(4)19-23)7-17(24)21-9-14-6-16(18(25)26)20-22(14)8-11(21)3/h6,10-11H,7-9H2,1-5H3,(H,25,26). The van der Waals surface area contributed by atoms with E-state index in [0.717, 1.165) is 22.6 Å². The van der Waals surface area contributed by atoms with Crippen molar-refractivity contribution in [3.05, 3.63) is 34.4 Å². The van der Waals surface area contributed by atoms with E-state index in [-0.39, 0.29) is 23.7 Å². The number of fused-ring (bicyclic) bond motifs is 1. The van der Waals surface area contributed by atoms with Crippen LogP contribution in [-0.2, 0) is 24.3 Å². The average molecular weight is 359 g/mol. The molecule has 8 heteroatoms. The zero-order chi connectivity index (χ0) is 19.2. The van der Waals surface area contributed by atoms with Gasteiger partial charge in [-0.1, -0.05) is 0 Å². The Hall–Kier alpha value is -2.64. The largest absolute Gasteiger partial charge is 0.476 e. The zero-order valence-electron chi connectivity index (χ0n) is 15.9. The molecule has 0 aliphatic carbocycles. The molecule has 1 atom stereocenters. The minimum absolute atomic E-state index is 0.0198. The molecule has 2 aromatic rings. The lowest BCUT2D eigenvalue weighted by molar-refractivity contribution is -0.134. The molecule has 0 spiro atoms. The molecule has 0 saturated heterocycles. The second-order valence-corrected chi connectivity index (χ2v) is 7.24. The molecule has 0 saturated carbocycles. The molecule has 1 aliphatic heterocycles. The third-order valence-electron chi connectivity index (χ3n) is 5.00. The average Bonchev–Trinajstić information content (AvgIpc) is 3.09. The van der Waals surface area contributed by atoms with Crippen LogP contribution in [0.3, 0.4) is 0 Å². The molecule has 3 heterocycles. The number of aromatic nitrogens is 4. The van der Waals surface area contributed by atoms with E-state index in [9.17, 15) is 9.59 Å². The summed E-state index contributed by atoms with van der Waals surface area (Å²) in [5.74, 6) is -1.03. The van der Waals surface area contributed by atoms with Crippen LogP contribution in [0.5, 0.6) is 0 Å². The van der Waals surface area contributed by atoms with Gasteiger partial charge in [0.1, 0.15) is 0 Å². The van der Waals surface area contributed by atoms with Gasteiger partial charge in [0.15, 0.2) is 5.69 Å². The molecule has 26 heavy (non-hydrogen) atoms. The SMILES string of the molecule is Cc1nn(C(C)C)c(C)c1CC(=O)N1Cc2cc(C(=O)O)nn2CC1C. The quantitative estimate of drug-likeness (QED) is 0.900. The number of hydrogen-bond acceptors (Lipinski definition) is 4. The van der Waals surface area contributed by atoms with Gasteiger partial charge in [-0.05, 0) is 40.7 Å². The van der Waals surface area contributed by atoms with Crippen molar-refractivity contribution in [2.75, 3.05) is 0 Å². The van der Waals surface area contributed by atoms with Gasteiger partial charge in [0.2, 0.25) is 5.91 Å². The summed E-state index contributed by atoms with van der Waals surface area (Å²) < 4.78 is 3.64. The summed E-state index contributed by atoms with van der Waals surface area (Å²) in [5.41, 5.74) is 3.65. The molecule has 0 fully saturated rings. The number of carboxylic acid groups (broad SMARTS) is 1. The summed E-state index contributed by atoms with van der Waals surface area (Å²) in [4.78, 5) is 25.9. The van der Waals surface area contributed by atoms with Crippen molar-refractivity contribution >= 4 is 11.9 Å². The topological polar surface area (TPSA) is 93.2 Å². The Morgan fingerprint density at radius 2 is 2.00 bits per heavy atom. The van der Waals surface area contributed by atoms with Crippen LogP contribution in [0, 0.1) is 13.8 Å². The molecular weight excluding hydrogens is 334 g/mol. The number of aromatic carboxylic acids is 1. The van der Waals surface area contributed by atoms with Gasteiger partial charge in [0.05, 0.1) is 30.9 Å². The van der Waals surface area contributed by atoms with Gasteiger partial charge in [-0.25, -0.2) is 4.79 Å². The number of amides is 1. The fraction of sp³-hybridized carbons (Fsp3) is 0.556. The predicted molar refractivity (Wildman–Crippen MR) is 95.0 cm³/mol. The monoisotopic (exact) mass is 359 g/mol. The Bertz CT molecular complexity index is 865. The molecule has 1 unspecified atom stereocenters. The molecule has 0 bridgehead atoms. The first-order valence-corrected chi connectivity index (χ1v) is 8.83. The molecule has 140 valence electrons. The van der Waals surface area contributed by atoms with Gasteiger partial charge in [0.25, 0.3) is 0 Å². The second kappa shape index (κ2) is 6.59. The molecular formula is C18H25N5O3. The van der Waals surface area contributed by atoms with E-state index < -0.39 is 5.97 Å². The van der Waals surface area contributed by atoms with Crippen LogP contribution in [0.4, 0.5) is 0 Å². The van der Waals surface area contributed by atoms with Crippen LogP contribution < -0.4 is 0 Å². The molecule has 8 nitrogen and oxygen atoms in total. The Kier molecular flexibility index (Phi) is 4.60. The Labute approximate surface area is 152 Å². The number of nitrogens with zero attached hydrogens (tertiary/aromatic N) is 5. The highest BCUT2D eigenvalue weighted by atomic mass is 16.4. The Morgan fingerprint density at radius 3 is 2.58 bits per heavy atom. The van der Waals surface area contributed by atoms with Crippen molar-refractivity contribution < 1.29 is 14.7 Å². The van der Waals surface area contributed by atoms with E-state index in [1.807, 2.05) is 25.5 Å². The lowest BCUT2D eigenvalue weighted by atomic mass is 10.1. The minimum Gasteiger partial charge on any atom is -0.476 e. The van der Waals surface area contributed by atoms with Gasteiger partial charge in [-0.2, -0.15) is 10.2 Å². The maximum Gasteiger partial charge on any atom is 0.356 e. The van der Waals surface area contributed by atoms with Crippen molar-refractivity contribution in [2.24, 2.45) is 0 Å². The third-order valence-corrected chi connectivity index (χ3v) is 5.00. The highest BCUT2D eigenvalue weighted by molar-refractivity contribution is 5.85. The molecule has 2 aromatic heterocycles. The smallest absolute Gasteiger partial charge is 0.356 e. The first-order valence-electron chi connectivity index (χ1n) is 8.83. The van der Waals surface area contributed by atoms with Crippen molar-refractivity contribution in [1.29, 1.82) is 0 Å². The van der Waals surface area contributed by atoms with Crippen molar-refractivity contribution in [3.8, 4) is 0 Å². The number of carboxylic acids is 1. The van der Waals surface area contributed by atoms with Crippen LogP contribution in [0.1, 0.15) is 59.9 Å². The van der Waals surface area contributed by atoms with Crippen molar-refractivity contribution in [2.45, 2.75) is 66.2 Å². The highest BCUT2D eigenvalue weighted by Crippen LogP contribution is 2.22. The van der Waals surface area contributed by atoms with E-state index in [1.165, 1.54) is 0 Å². The fourth-order valence-corrected chi connectivity index (χ4v) is 3.57. The van der Waals surface area contributed by atoms with E-state index >= 15 is 0 Å². The second-order valence-electron chi connectivity index (χ2n) is 7.24. The maximum atomic E-state index is 13.0. The zero-order valence-corrected chi connectivity index (χ0v) is 15.9. The summed E-state index contributed by atoms with van der Waals surface area (Å²) in [6, 6.07) is 1.74. The van der Waals surface area contributed by atoms with Crippen LogP contribution in [0.25, 0.3) is 0 Å². The van der Waals surface area contributed by atoms with Gasteiger partial charge in [-0.15, -0.1) is 0 Å². The van der Waals surface area contributed by atoms with Crippen molar-refractivity contribution in [1.82, 2.24) is 24.5 Å². The number of aryl methyl sites for hydroxylation is 1. The van der Waals surface area contributed by atoms with Gasteiger partial charge >= 0.3 is 5.97 Å². The predicted octanol–water partition coefficient (Wildman–Crippen LogP) is 1.95. The molecule has 3 rings (SSSR count). The molecule has 0 aromatic carbocycles. The van der Waals surface area contributed by atoms with E-state index in [4.69, 9.17) is 5.11 Å². The minimum atomic E-state index is -1.05. The molecule has 0 radical (unpaired) electrons. The molecule has 1 amide bonds. The van der Waals surface area contributed by atoms with Crippen LogP contribution >= 0.6 is 0 Å². The maximum absolute atomic E-state index is 13.0. The molecule has 1 aliphatic rings. The third kappa shape index (κ3) is 3.11.